The van der Waals surface area contributed by atoms with Crippen LogP contribution in [0, 0.1) is 6.92 Å². The summed E-state index contributed by atoms with van der Waals surface area (Å²) in [6.07, 6.45) is -1.36. The normalized spacial score (nSPS) is 9.64. The Bertz CT molecular complexity index is 283. The second-order valence-corrected chi connectivity index (χ2v) is 2.56. The van der Waals surface area contributed by atoms with Crippen LogP contribution in [-0.2, 0) is 0 Å². The maximum Gasteiger partial charge on any atom is 0.512 e. The number of aryl methyl sites for hydroxylation is 1. The number of hydrogen-bond acceptors (Lipinski definition) is 3. The molecule has 60 valence electrons. The number of aromatic amines is 1. The first-order valence-electron chi connectivity index (χ1n) is 2.72. The molecule has 0 aliphatic carbocycles. The smallest absolute Gasteiger partial charge is 0.449 e. The Kier molecular flexibility index (Phi) is 2.13. The summed E-state index contributed by atoms with van der Waals surface area (Å²) in [6.45, 7) is 1.64. The highest BCUT2D eigenvalue weighted by Crippen LogP contribution is 2.16. The minimum Gasteiger partial charge on any atom is -0.449 e. The number of nitrogens with zero attached hydrogens (tertiary/aromatic N) is 1. The predicted molar refractivity (Wildman–Crippen MR) is 39.7 cm³/mol. The first-order valence-corrected chi connectivity index (χ1v) is 3.52. The fourth-order valence-corrected chi connectivity index (χ4v) is 1.04. The van der Waals surface area contributed by atoms with E-state index in [0.717, 1.165) is 0 Å². The molecule has 5 nitrogen and oxygen atoms in total. The summed E-state index contributed by atoms with van der Waals surface area (Å²) in [7, 11) is 0. The third-order valence-electron chi connectivity index (χ3n) is 1.00. The van der Waals surface area contributed by atoms with E-state index in [-0.39, 0.29) is 5.88 Å². The zero-order chi connectivity index (χ0) is 8.43. The van der Waals surface area contributed by atoms with Gasteiger partial charge in [0.15, 0.2) is 4.73 Å². The van der Waals surface area contributed by atoms with E-state index in [9.17, 15) is 4.79 Å². The highest BCUT2D eigenvalue weighted by molar-refractivity contribution is 9.10. The number of nitrogens with one attached hydrogen (secondary N) is 1. The van der Waals surface area contributed by atoms with Gasteiger partial charge in [0.1, 0.15) is 5.69 Å². The van der Waals surface area contributed by atoms with Gasteiger partial charge < -0.3 is 14.8 Å². The third kappa shape index (κ3) is 1.94. The van der Waals surface area contributed by atoms with E-state index in [4.69, 9.17) is 5.11 Å². The number of imidazole rings is 1. The molecule has 11 heavy (non-hydrogen) atoms. The number of carboxylic acid groups (broad SMARTS) is 1. The first-order chi connectivity index (χ1) is 5.09. The van der Waals surface area contributed by atoms with Gasteiger partial charge in [-0.15, -0.1) is 0 Å². The van der Waals surface area contributed by atoms with Crippen molar-refractivity contribution in [3.63, 3.8) is 0 Å². The zero-order valence-electron chi connectivity index (χ0n) is 5.59. The van der Waals surface area contributed by atoms with Crippen LogP contribution < -0.4 is 4.74 Å². The van der Waals surface area contributed by atoms with E-state index in [0.29, 0.717) is 10.4 Å². The quantitative estimate of drug-likeness (QED) is 0.705. The Balaban J connectivity index is 2.85. The van der Waals surface area contributed by atoms with Gasteiger partial charge >= 0.3 is 6.16 Å². The Hall–Kier alpha value is -1.04. The van der Waals surface area contributed by atoms with Crippen molar-refractivity contribution < 1.29 is 14.6 Å². The summed E-state index contributed by atoms with van der Waals surface area (Å²) in [5, 5.41) is 8.22. The van der Waals surface area contributed by atoms with E-state index in [1.165, 1.54) is 0 Å². The number of halogens is 1. The lowest BCUT2D eigenvalue weighted by Crippen LogP contribution is -2.03. The molecule has 0 saturated carbocycles. The molecule has 0 aliphatic heterocycles. The van der Waals surface area contributed by atoms with Crippen molar-refractivity contribution in [2.45, 2.75) is 6.92 Å². The number of rotatable bonds is 1. The van der Waals surface area contributed by atoms with Crippen LogP contribution in [0.1, 0.15) is 5.69 Å². The standard InChI is InChI=1S/C5H5BrN2O3/c1-2-3(11-5(9)10)8-4(6)7-2/h1H3,(H,7,8)(H,9,10). The lowest BCUT2D eigenvalue weighted by Gasteiger charge is -1.93. The summed E-state index contributed by atoms with van der Waals surface area (Å²) < 4.78 is 4.78. The molecule has 2 N–H and O–H groups in total. The molecule has 1 rings (SSSR count). The lowest BCUT2D eigenvalue weighted by atomic mass is 10.5. The number of carbonyl (C=O) groups is 1. The SMILES string of the molecule is Cc1nc(Br)[nH]c1OC(=O)O. The van der Waals surface area contributed by atoms with Crippen LogP contribution >= 0.6 is 15.9 Å². The van der Waals surface area contributed by atoms with Gasteiger partial charge in [0.2, 0.25) is 5.88 Å². The molecule has 1 aromatic rings. The summed E-state index contributed by atoms with van der Waals surface area (Å²) in [5.74, 6) is 0.143. The first kappa shape index (κ1) is 8.06. The van der Waals surface area contributed by atoms with Gasteiger partial charge in [-0.1, -0.05) is 0 Å². The Labute approximate surface area is 70.5 Å². The molecular formula is C5H5BrN2O3. The highest BCUT2D eigenvalue weighted by atomic mass is 79.9. The molecule has 0 saturated heterocycles. The van der Waals surface area contributed by atoms with Crippen molar-refractivity contribution in [1.29, 1.82) is 0 Å². The minimum absolute atomic E-state index is 0.143. The Morgan fingerprint density at radius 2 is 2.45 bits per heavy atom. The fourth-order valence-electron chi connectivity index (χ4n) is 0.597. The summed E-state index contributed by atoms with van der Waals surface area (Å²) >= 11 is 3.03. The number of hydrogen-bond donors (Lipinski definition) is 2. The number of aromatic nitrogens is 2. The van der Waals surface area contributed by atoms with Gasteiger partial charge in [-0.05, 0) is 22.9 Å². The zero-order valence-corrected chi connectivity index (χ0v) is 7.17. The highest BCUT2D eigenvalue weighted by Gasteiger charge is 2.08. The predicted octanol–water partition coefficient (Wildman–Crippen LogP) is 1.54. The second-order valence-electron chi connectivity index (χ2n) is 1.81. The van der Waals surface area contributed by atoms with Crippen molar-refractivity contribution in [2.75, 3.05) is 0 Å². The molecule has 0 radical (unpaired) electrons. The molecule has 0 spiro atoms. The van der Waals surface area contributed by atoms with Crippen molar-refractivity contribution in [1.82, 2.24) is 9.97 Å². The number of H-pyrrole nitrogens is 1. The molecule has 0 bridgehead atoms. The lowest BCUT2D eigenvalue weighted by molar-refractivity contribution is 0.142. The largest absolute Gasteiger partial charge is 0.512 e. The minimum atomic E-state index is -1.36. The van der Waals surface area contributed by atoms with Gasteiger partial charge in [-0.25, -0.2) is 9.78 Å². The van der Waals surface area contributed by atoms with E-state index in [1.807, 2.05) is 0 Å². The van der Waals surface area contributed by atoms with Crippen LogP contribution in [-0.4, -0.2) is 21.2 Å². The average molecular weight is 221 g/mol. The van der Waals surface area contributed by atoms with Gasteiger partial charge in [-0.3, -0.25) is 0 Å². The van der Waals surface area contributed by atoms with Crippen molar-refractivity contribution in [3.05, 3.63) is 10.4 Å². The molecule has 1 heterocycles. The summed E-state index contributed by atoms with van der Waals surface area (Å²) in [6, 6.07) is 0. The van der Waals surface area contributed by atoms with Crippen molar-refractivity contribution in [2.24, 2.45) is 0 Å². The maximum atomic E-state index is 10.0. The van der Waals surface area contributed by atoms with Crippen LogP contribution in [0.3, 0.4) is 0 Å². The van der Waals surface area contributed by atoms with E-state index >= 15 is 0 Å². The van der Waals surface area contributed by atoms with Crippen molar-refractivity contribution >= 4 is 22.1 Å². The molecule has 0 fully saturated rings. The van der Waals surface area contributed by atoms with Crippen LogP contribution in [0.2, 0.25) is 0 Å². The molecule has 0 aliphatic rings. The average Bonchev–Trinajstić information content (AvgIpc) is 2.09. The summed E-state index contributed by atoms with van der Waals surface area (Å²) in [4.78, 5) is 16.5. The molecule has 0 unspecified atom stereocenters. The van der Waals surface area contributed by atoms with Crippen molar-refractivity contribution in [3.8, 4) is 5.88 Å². The molecule has 0 atom stereocenters. The van der Waals surface area contributed by atoms with E-state index in [2.05, 4.69) is 30.6 Å². The van der Waals surface area contributed by atoms with Gasteiger partial charge in [-0.2, -0.15) is 0 Å². The van der Waals surface area contributed by atoms with Crippen LogP contribution in [0.15, 0.2) is 4.73 Å². The second kappa shape index (κ2) is 2.91. The molecular weight excluding hydrogens is 216 g/mol. The van der Waals surface area contributed by atoms with Gasteiger partial charge in [0.25, 0.3) is 0 Å². The molecule has 1 aromatic heterocycles. The van der Waals surface area contributed by atoms with Crippen LogP contribution in [0.25, 0.3) is 0 Å². The number of ether oxygens (including phenoxy) is 1. The monoisotopic (exact) mass is 220 g/mol. The third-order valence-corrected chi connectivity index (χ3v) is 1.38. The van der Waals surface area contributed by atoms with E-state index < -0.39 is 6.16 Å². The summed E-state index contributed by atoms with van der Waals surface area (Å²) in [5.41, 5.74) is 0.499. The van der Waals surface area contributed by atoms with Crippen LogP contribution in [0.5, 0.6) is 5.88 Å². The fraction of sp³-hybridized carbons (Fsp3) is 0.200. The van der Waals surface area contributed by atoms with E-state index in [1.54, 1.807) is 6.92 Å². The molecule has 0 amide bonds. The molecule has 6 heteroatoms. The maximum absolute atomic E-state index is 10.0. The Morgan fingerprint density at radius 1 is 1.82 bits per heavy atom. The van der Waals surface area contributed by atoms with Gasteiger partial charge in [0, 0.05) is 0 Å². The Morgan fingerprint density at radius 3 is 2.82 bits per heavy atom. The van der Waals surface area contributed by atoms with Gasteiger partial charge in [0.05, 0.1) is 0 Å². The molecule has 0 aromatic carbocycles. The topological polar surface area (TPSA) is 75.2 Å². The van der Waals surface area contributed by atoms with Crippen LogP contribution in [0.4, 0.5) is 4.79 Å².